The van der Waals surface area contributed by atoms with E-state index in [0.29, 0.717) is 29.8 Å². The predicted molar refractivity (Wildman–Crippen MR) is 128 cm³/mol. The van der Waals surface area contributed by atoms with Gasteiger partial charge >= 0.3 is 5.97 Å². The van der Waals surface area contributed by atoms with E-state index < -0.39 is 27.0 Å². The molecule has 1 unspecified atom stereocenters. The average molecular weight is 479 g/mol. The van der Waals surface area contributed by atoms with Crippen molar-refractivity contribution in [2.75, 3.05) is 10.8 Å². The van der Waals surface area contributed by atoms with Crippen LogP contribution in [0.15, 0.2) is 83.8 Å². The molecule has 3 aromatic carbocycles. The number of carbonyl (C=O) groups excluding carboxylic acids is 1. The molecule has 0 saturated heterocycles. The van der Waals surface area contributed by atoms with Gasteiger partial charge in [-0.2, -0.15) is 0 Å². The highest BCUT2D eigenvalue weighted by Crippen LogP contribution is 2.32. The molecule has 0 fully saturated rings. The van der Waals surface area contributed by atoms with E-state index in [9.17, 15) is 23.3 Å². The number of hydrogen-bond acceptors (Lipinski definition) is 6. The van der Waals surface area contributed by atoms with Gasteiger partial charge in [0.15, 0.2) is 0 Å². The number of non-ortho nitro benzene ring substituents is 1. The highest BCUT2D eigenvalue weighted by Gasteiger charge is 2.30. The minimum atomic E-state index is -3.69. The molecule has 1 aliphatic rings. The highest BCUT2D eigenvalue weighted by atomic mass is 32.2. The molecule has 0 bridgehead atoms. The number of rotatable bonds is 7. The summed E-state index contributed by atoms with van der Waals surface area (Å²) in [4.78, 5) is 22.8. The van der Waals surface area contributed by atoms with Gasteiger partial charge < -0.3 is 4.74 Å². The Hall–Kier alpha value is -3.98. The van der Waals surface area contributed by atoms with Crippen LogP contribution in [0.25, 0.3) is 6.08 Å². The predicted octanol–water partition coefficient (Wildman–Crippen LogP) is 4.66. The molecule has 1 heterocycles. The molecular formula is C25H22N2O6S. The van der Waals surface area contributed by atoms with Gasteiger partial charge in [-0.15, -0.1) is 0 Å². The number of ether oxygens (including phenoxy) is 1. The third-order valence-electron chi connectivity index (χ3n) is 5.57. The number of nitro benzene ring substituents is 1. The summed E-state index contributed by atoms with van der Waals surface area (Å²) in [7, 11) is -3.69. The lowest BCUT2D eigenvalue weighted by atomic mass is 10.1. The Balaban J connectivity index is 1.41. The van der Waals surface area contributed by atoms with Gasteiger partial charge in [0.05, 0.1) is 15.5 Å². The molecule has 1 atom stereocenters. The molecule has 174 valence electrons. The van der Waals surface area contributed by atoms with Gasteiger partial charge in [0.1, 0.15) is 6.10 Å². The summed E-state index contributed by atoms with van der Waals surface area (Å²) in [5, 5.41) is 10.9. The highest BCUT2D eigenvalue weighted by molar-refractivity contribution is 7.92. The van der Waals surface area contributed by atoms with Crippen LogP contribution in [0.1, 0.15) is 29.7 Å². The molecule has 0 saturated carbocycles. The summed E-state index contributed by atoms with van der Waals surface area (Å²) >= 11 is 0. The van der Waals surface area contributed by atoms with E-state index in [1.807, 2.05) is 18.2 Å². The van der Waals surface area contributed by atoms with Crippen LogP contribution in [0, 0.1) is 10.1 Å². The van der Waals surface area contributed by atoms with E-state index in [-0.39, 0.29) is 10.6 Å². The smallest absolute Gasteiger partial charge is 0.331 e. The Labute approximate surface area is 197 Å². The molecule has 0 radical (unpaired) electrons. The summed E-state index contributed by atoms with van der Waals surface area (Å²) < 4.78 is 32.9. The fourth-order valence-corrected chi connectivity index (χ4v) is 5.28. The second-order valence-electron chi connectivity index (χ2n) is 7.79. The molecule has 9 heteroatoms. The zero-order chi connectivity index (χ0) is 24.3. The fourth-order valence-electron chi connectivity index (χ4n) is 3.77. The van der Waals surface area contributed by atoms with E-state index in [2.05, 4.69) is 0 Å². The van der Waals surface area contributed by atoms with Gasteiger partial charge in [0, 0.05) is 24.8 Å². The van der Waals surface area contributed by atoms with Crippen LogP contribution in [0.5, 0.6) is 0 Å². The first-order valence-corrected chi connectivity index (χ1v) is 12.0. The van der Waals surface area contributed by atoms with E-state index in [1.54, 1.807) is 31.2 Å². The third kappa shape index (κ3) is 4.84. The van der Waals surface area contributed by atoms with Crippen molar-refractivity contribution >= 4 is 33.4 Å². The molecule has 0 spiro atoms. The van der Waals surface area contributed by atoms with E-state index in [0.717, 1.165) is 5.56 Å². The number of para-hydroxylation sites is 1. The van der Waals surface area contributed by atoms with Crippen LogP contribution in [-0.4, -0.2) is 25.9 Å². The minimum absolute atomic E-state index is 0.0802. The number of hydrogen-bond donors (Lipinski definition) is 0. The Bertz CT molecular complexity index is 1370. The zero-order valence-corrected chi connectivity index (χ0v) is 19.1. The van der Waals surface area contributed by atoms with Crippen molar-refractivity contribution in [2.24, 2.45) is 0 Å². The Morgan fingerprint density at radius 1 is 1.09 bits per heavy atom. The van der Waals surface area contributed by atoms with Crippen molar-refractivity contribution in [2.45, 2.75) is 24.3 Å². The monoisotopic (exact) mass is 478 g/mol. The van der Waals surface area contributed by atoms with Gasteiger partial charge in [-0.3, -0.25) is 14.4 Å². The number of nitro groups is 1. The Morgan fingerprint density at radius 3 is 2.56 bits per heavy atom. The van der Waals surface area contributed by atoms with Crippen LogP contribution in [0.3, 0.4) is 0 Å². The van der Waals surface area contributed by atoms with Crippen LogP contribution >= 0.6 is 0 Å². The lowest BCUT2D eigenvalue weighted by Gasteiger charge is -2.19. The molecule has 0 aliphatic carbocycles. The Morgan fingerprint density at radius 2 is 1.82 bits per heavy atom. The summed E-state index contributed by atoms with van der Waals surface area (Å²) in [6.07, 6.45) is 2.75. The number of fused-ring (bicyclic) bond motifs is 1. The third-order valence-corrected chi connectivity index (χ3v) is 7.40. The van der Waals surface area contributed by atoms with Gasteiger partial charge in [0.25, 0.3) is 15.7 Å². The number of carbonyl (C=O) groups is 1. The first-order valence-electron chi connectivity index (χ1n) is 10.6. The standard InChI is InChI=1S/C25H22N2O6S/c1-18(21-6-4-7-22(17-21)27(29)30)33-25(28)14-11-19-9-12-23(13-10-19)34(31,32)26-16-15-20-5-2-3-8-24(20)26/h2-14,17-18H,15-16H2,1H3/b14-11+. The number of sulfonamides is 1. The SMILES string of the molecule is CC(OC(=O)/C=C/c1ccc(S(=O)(=O)N2CCc3ccccc32)cc1)c1cccc([N+](=O)[O-])c1. The normalized spacial score (nSPS) is 14.1. The fraction of sp³-hybridized carbons (Fsp3) is 0.160. The van der Waals surface area contributed by atoms with Crippen LogP contribution in [0.4, 0.5) is 11.4 Å². The number of benzene rings is 3. The first kappa shape index (κ1) is 23.2. The molecule has 0 amide bonds. The van der Waals surface area contributed by atoms with Gasteiger partial charge in [-0.05, 0) is 54.3 Å². The topological polar surface area (TPSA) is 107 Å². The van der Waals surface area contributed by atoms with Gasteiger partial charge in [-0.25, -0.2) is 13.2 Å². The van der Waals surface area contributed by atoms with Crippen molar-refractivity contribution in [3.8, 4) is 0 Å². The zero-order valence-electron chi connectivity index (χ0n) is 18.3. The molecule has 8 nitrogen and oxygen atoms in total. The van der Waals surface area contributed by atoms with Crippen molar-refractivity contribution in [1.29, 1.82) is 0 Å². The van der Waals surface area contributed by atoms with Crippen LogP contribution < -0.4 is 4.31 Å². The molecule has 3 aromatic rings. The molecule has 0 aromatic heterocycles. The van der Waals surface area contributed by atoms with Gasteiger partial charge in [-0.1, -0.05) is 42.5 Å². The quantitative estimate of drug-likeness (QED) is 0.212. The minimum Gasteiger partial charge on any atom is -0.455 e. The van der Waals surface area contributed by atoms with Crippen molar-refractivity contribution in [3.05, 3.63) is 106 Å². The van der Waals surface area contributed by atoms with Crippen molar-refractivity contribution in [3.63, 3.8) is 0 Å². The summed E-state index contributed by atoms with van der Waals surface area (Å²) in [5.74, 6) is -0.621. The second-order valence-corrected chi connectivity index (χ2v) is 9.65. The first-order chi connectivity index (χ1) is 16.3. The maximum Gasteiger partial charge on any atom is 0.331 e. The maximum atomic E-state index is 13.1. The van der Waals surface area contributed by atoms with Gasteiger partial charge in [0.2, 0.25) is 0 Å². The molecule has 0 N–H and O–H groups in total. The maximum absolute atomic E-state index is 13.1. The van der Waals surface area contributed by atoms with Crippen molar-refractivity contribution in [1.82, 2.24) is 0 Å². The molecule has 1 aliphatic heterocycles. The molecule has 4 rings (SSSR count). The summed E-state index contributed by atoms with van der Waals surface area (Å²) in [5.41, 5.74) is 2.76. The van der Waals surface area contributed by atoms with Crippen LogP contribution in [0.2, 0.25) is 0 Å². The molecule has 34 heavy (non-hydrogen) atoms. The number of anilines is 1. The van der Waals surface area contributed by atoms with E-state index >= 15 is 0 Å². The lowest BCUT2D eigenvalue weighted by molar-refractivity contribution is -0.385. The van der Waals surface area contributed by atoms with E-state index in [4.69, 9.17) is 4.74 Å². The largest absolute Gasteiger partial charge is 0.455 e. The lowest BCUT2D eigenvalue weighted by Crippen LogP contribution is -2.29. The second kappa shape index (κ2) is 9.48. The summed E-state index contributed by atoms with van der Waals surface area (Å²) in [6.45, 7) is 2.03. The van der Waals surface area contributed by atoms with Crippen LogP contribution in [-0.2, 0) is 26.0 Å². The Kier molecular flexibility index (Phi) is 6.47. The number of nitrogens with zero attached hydrogens (tertiary/aromatic N) is 2. The average Bonchev–Trinajstić information content (AvgIpc) is 3.28. The number of esters is 1. The van der Waals surface area contributed by atoms with E-state index in [1.165, 1.54) is 46.8 Å². The molecular weight excluding hydrogens is 456 g/mol. The van der Waals surface area contributed by atoms with Crippen molar-refractivity contribution < 1.29 is 22.9 Å². The summed E-state index contributed by atoms with van der Waals surface area (Å²) in [6, 6.07) is 19.6.